The van der Waals surface area contributed by atoms with Crippen LogP contribution in [0.15, 0.2) is 52.2 Å². The van der Waals surface area contributed by atoms with Crippen LogP contribution in [-0.4, -0.2) is 69.8 Å². The molecule has 1 aromatic heterocycles. The predicted octanol–water partition coefficient (Wildman–Crippen LogP) is 4.90. The first kappa shape index (κ1) is 28.4. The Morgan fingerprint density at radius 2 is 2.02 bits per heavy atom. The van der Waals surface area contributed by atoms with Crippen molar-refractivity contribution in [2.45, 2.75) is 26.8 Å². The van der Waals surface area contributed by atoms with Gasteiger partial charge in [0, 0.05) is 20.1 Å². The molecule has 5 rings (SSSR count). The summed E-state index contributed by atoms with van der Waals surface area (Å²) in [6.07, 6.45) is 0.193. The van der Waals surface area contributed by atoms with Crippen LogP contribution in [0, 0.1) is 34.2 Å². The summed E-state index contributed by atoms with van der Waals surface area (Å²) in [5, 5.41) is 27.0. The first-order valence-electron chi connectivity index (χ1n) is 13.2. The molecule has 1 unspecified atom stereocenters. The fourth-order valence-corrected chi connectivity index (χ4v) is 8.99. The molecule has 0 N–H and O–H groups in total. The van der Waals surface area contributed by atoms with Crippen molar-refractivity contribution in [1.29, 1.82) is 5.26 Å². The zero-order chi connectivity index (χ0) is 29.1. The van der Waals surface area contributed by atoms with Crippen LogP contribution in [0.25, 0.3) is 0 Å². The van der Waals surface area contributed by atoms with E-state index in [9.17, 15) is 15.4 Å². The molecule has 3 heterocycles. The van der Waals surface area contributed by atoms with Crippen molar-refractivity contribution in [2.75, 3.05) is 40.0 Å². The van der Waals surface area contributed by atoms with E-state index in [2.05, 4.69) is 10.7 Å². The summed E-state index contributed by atoms with van der Waals surface area (Å²) in [7, 11) is -1.35. The van der Waals surface area contributed by atoms with E-state index in [0.717, 1.165) is 0 Å². The van der Waals surface area contributed by atoms with Gasteiger partial charge in [0.05, 0.1) is 66.4 Å². The lowest BCUT2D eigenvalue weighted by Crippen LogP contribution is -2.45. The number of hydrogen-bond acceptors (Lipinski definition) is 8. The molecule has 0 spiro atoms. The summed E-state index contributed by atoms with van der Waals surface area (Å²) >= 11 is 0. The molecule has 12 nitrogen and oxygen atoms in total. The number of nitro groups is 1. The molecule has 2 aliphatic heterocycles. The Balaban J connectivity index is 1.88. The number of ether oxygens (including phenoxy) is 2. The van der Waals surface area contributed by atoms with E-state index < -0.39 is 18.1 Å². The van der Waals surface area contributed by atoms with Crippen LogP contribution < -0.4 is 10.0 Å². The SMILES string of the molecule is CCOc1ccc(N=P2(N3CCOCC3)c3c(C)nn(CCC#N)c3N=C(c3ccccc3F)N2C)c([N+](=O)[O-])c1. The number of hydrogen-bond donors (Lipinski definition) is 0. The highest BCUT2D eigenvalue weighted by molar-refractivity contribution is 7.70. The fourth-order valence-electron chi connectivity index (χ4n) is 5.15. The molecule has 1 fully saturated rings. The topological polar surface area (TPSA) is 134 Å². The van der Waals surface area contributed by atoms with Gasteiger partial charge < -0.3 is 14.1 Å². The lowest BCUT2D eigenvalue weighted by Gasteiger charge is -2.46. The van der Waals surface area contributed by atoms with E-state index in [1.165, 1.54) is 12.1 Å². The summed E-state index contributed by atoms with van der Waals surface area (Å²) in [5.74, 6) is 0.689. The Morgan fingerprint density at radius 3 is 2.71 bits per heavy atom. The predicted molar refractivity (Wildman–Crippen MR) is 153 cm³/mol. The molecule has 0 amide bonds. The van der Waals surface area contributed by atoms with E-state index in [0.29, 0.717) is 61.3 Å². The molecule has 41 heavy (non-hydrogen) atoms. The molecule has 2 aliphatic rings. The standard InChI is InChI=1S/C27H30FN8O4P/c1-4-40-20-10-11-23(24(18-20)36(37)38)32-41(34-14-16-39-17-15-34)25-19(2)31-35(13-7-12-29)27(25)30-26(33(41)3)21-8-5-6-9-22(21)28/h5-6,8-11,18H,4,7,13-17H2,1-3H3. The van der Waals surface area contributed by atoms with Crippen molar-refractivity contribution in [3.05, 3.63) is 69.7 Å². The van der Waals surface area contributed by atoms with Crippen LogP contribution in [0.3, 0.4) is 0 Å². The van der Waals surface area contributed by atoms with Crippen LogP contribution in [0.5, 0.6) is 5.75 Å². The van der Waals surface area contributed by atoms with Gasteiger partial charge in [-0.3, -0.25) is 10.1 Å². The number of halogens is 1. The van der Waals surface area contributed by atoms with Crippen LogP contribution in [0.2, 0.25) is 0 Å². The number of nitriles is 1. The van der Waals surface area contributed by atoms with E-state index in [4.69, 9.17) is 24.3 Å². The number of benzene rings is 2. The van der Waals surface area contributed by atoms with Gasteiger partial charge in [0.25, 0.3) is 5.69 Å². The van der Waals surface area contributed by atoms with Crippen molar-refractivity contribution in [2.24, 2.45) is 9.74 Å². The van der Waals surface area contributed by atoms with Gasteiger partial charge >= 0.3 is 0 Å². The van der Waals surface area contributed by atoms with Gasteiger partial charge in [-0.2, -0.15) is 10.4 Å². The number of aryl methyl sites for hydroxylation is 2. The van der Waals surface area contributed by atoms with Crippen molar-refractivity contribution in [3.8, 4) is 11.8 Å². The first-order valence-corrected chi connectivity index (χ1v) is 14.9. The molecule has 2 aromatic carbocycles. The molecule has 214 valence electrons. The number of aromatic nitrogens is 2. The number of nitro benzene ring substituents is 1. The number of amidine groups is 1. The Morgan fingerprint density at radius 1 is 1.27 bits per heavy atom. The van der Waals surface area contributed by atoms with Gasteiger partial charge in [-0.25, -0.2) is 23.5 Å². The maximum Gasteiger partial charge on any atom is 0.298 e. The zero-order valence-corrected chi connectivity index (χ0v) is 23.9. The van der Waals surface area contributed by atoms with Gasteiger partial charge in [0.1, 0.15) is 23.1 Å². The molecular formula is C27H30FN8O4P. The lowest BCUT2D eigenvalue weighted by molar-refractivity contribution is -0.384. The van der Waals surface area contributed by atoms with E-state index in [1.807, 2.05) is 11.6 Å². The third-order valence-electron chi connectivity index (χ3n) is 6.94. The number of aliphatic imine (C=N–C) groups is 1. The third-order valence-corrected chi connectivity index (χ3v) is 10.8. The van der Waals surface area contributed by atoms with Crippen molar-refractivity contribution in [1.82, 2.24) is 19.1 Å². The number of rotatable bonds is 8. The molecule has 3 aromatic rings. The molecule has 1 saturated heterocycles. The minimum absolute atomic E-state index is 0.162. The molecule has 0 radical (unpaired) electrons. The second kappa shape index (κ2) is 11.8. The number of nitrogens with zero attached hydrogens (tertiary/aromatic N) is 8. The van der Waals surface area contributed by atoms with E-state index in [1.54, 1.807) is 49.0 Å². The summed E-state index contributed by atoms with van der Waals surface area (Å²) < 4.78 is 37.5. The highest BCUT2D eigenvalue weighted by Crippen LogP contribution is 2.62. The van der Waals surface area contributed by atoms with Crippen LogP contribution in [0.1, 0.15) is 24.6 Å². The highest BCUT2D eigenvalue weighted by atomic mass is 31.2. The van der Waals surface area contributed by atoms with Gasteiger partial charge in [-0.05, 0) is 38.1 Å². The minimum Gasteiger partial charge on any atom is -0.494 e. The smallest absolute Gasteiger partial charge is 0.298 e. The fraction of sp³-hybridized carbons (Fsp3) is 0.370. The van der Waals surface area contributed by atoms with Gasteiger partial charge in [0.2, 0.25) is 0 Å². The van der Waals surface area contributed by atoms with Crippen LogP contribution in [0.4, 0.5) is 21.6 Å². The van der Waals surface area contributed by atoms with Crippen LogP contribution in [-0.2, 0) is 11.3 Å². The molecule has 0 saturated carbocycles. The molecule has 1 atom stereocenters. The first-order chi connectivity index (χ1) is 19.8. The minimum atomic E-state index is -3.15. The van der Waals surface area contributed by atoms with Gasteiger partial charge in [-0.1, -0.05) is 12.1 Å². The average Bonchev–Trinajstić information content (AvgIpc) is 3.29. The Bertz CT molecular complexity index is 1610. The van der Waals surface area contributed by atoms with Gasteiger partial charge in [-0.15, -0.1) is 0 Å². The average molecular weight is 581 g/mol. The normalized spacial score (nSPS) is 18.8. The molecular weight excluding hydrogens is 550 g/mol. The van der Waals surface area contributed by atoms with E-state index in [-0.39, 0.29) is 29.9 Å². The molecule has 0 aliphatic carbocycles. The lowest BCUT2D eigenvalue weighted by atomic mass is 10.2. The van der Waals surface area contributed by atoms with Crippen LogP contribution >= 0.6 is 7.36 Å². The third kappa shape index (κ3) is 5.10. The Hall–Kier alpha value is -4.11. The Labute approximate surface area is 236 Å². The summed E-state index contributed by atoms with van der Waals surface area (Å²) in [5.41, 5.74) is 0.858. The highest BCUT2D eigenvalue weighted by Gasteiger charge is 2.46. The van der Waals surface area contributed by atoms with E-state index >= 15 is 4.39 Å². The second-order valence-electron chi connectivity index (χ2n) is 9.40. The number of fused-ring (bicyclic) bond motifs is 1. The zero-order valence-electron chi connectivity index (χ0n) is 23.0. The van der Waals surface area contributed by atoms with Crippen molar-refractivity contribution in [3.63, 3.8) is 0 Å². The maximum absolute atomic E-state index is 15.3. The molecule has 14 heteroatoms. The molecule has 0 bridgehead atoms. The largest absolute Gasteiger partial charge is 0.494 e. The monoisotopic (exact) mass is 580 g/mol. The van der Waals surface area contributed by atoms with Crippen molar-refractivity contribution >= 4 is 35.7 Å². The summed E-state index contributed by atoms with van der Waals surface area (Å²) in [6.45, 7) is 6.11. The Kier molecular flexibility index (Phi) is 8.17. The summed E-state index contributed by atoms with van der Waals surface area (Å²) in [4.78, 5) is 16.7. The quantitative estimate of drug-likeness (QED) is 0.209. The number of morpholine rings is 1. The maximum atomic E-state index is 15.3. The second-order valence-corrected chi connectivity index (χ2v) is 12.4. The van der Waals surface area contributed by atoms with Gasteiger partial charge in [0.15, 0.2) is 13.2 Å². The summed E-state index contributed by atoms with van der Waals surface area (Å²) in [6, 6.07) is 13.1. The van der Waals surface area contributed by atoms with Crippen molar-refractivity contribution < 1.29 is 18.8 Å².